The van der Waals surface area contributed by atoms with E-state index in [2.05, 4.69) is 0 Å². The van der Waals surface area contributed by atoms with Crippen LogP contribution in [0.15, 0.2) is 36.4 Å². The SMILES string of the molecule is O=[N+]([O-])c1ccc(N2CC[N+]3(CC2)CC[N+]2(CCN(c4ccc([N+](=O)[O-])cc4[N+](=O)[O-])CC2)CC3)c([N+](=O)[O-])c1. The second-order valence-corrected chi connectivity index (χ2v) is 10.8. The summed E-state index contributed by atoms with van der Waals surface area (Å²) in [5.41, 5.74) is -0.293. The molecule has 16 heteroatoms. The Morgan fingerprint density at radius 1 is 0.500 bits per heavy atom. The van der Waals surface area contributed by atoms with Crippen LogP contribution < -0.4 is 9.80 Å². The summed E-state index contributed by atoms with van der Waals surface area (Å²) in [7, 11) is 0. The largest absolute Gasteiger partial charge is 0.355 e. The highest BCUT2D eigenvalue weighted by Crippen LogP contribution is 2.36. The van der Waals surface area contributed by atoms with Crippen LogP contribution in [0, 0.1) is 40.5 Å². The quantitative estimate of drug-likeness (QED) is 0.290. The Hall–Kier alpha value is -4.44. The zero-order valence-corrected chi connectivity index (χ0v) is 21.8. The maximum Gasteiger partial charge on any atom is 0.299 e. The van der Waals surface area contributed by atoms with E-state index in [1.54, 1.807) is 0 Å². The second-order valence-electron chi connectivity index (χ2n) is 10.8. The van der Waals surface area contributed by atoms with Crippen LogP contribution in [0.2, 0.25) is 0 Å². The molecule has 0 unspecified atom stereocenters. The molecule has 3 aliphatic rings. The van der Waals surface area contributed by atoms with Crippen molar-refractivity contribution in [2.75, 3.05) is 88.3 Å². The molecule has 3 saturated heterocycles. The van der Waals surface area contributed by atoms with Crippen LogP contribution in [0.3, 0.4) is 0 Å². The summed E-state index contributed by atoms with van der Waals surface area (Å²) in [6.45, 7) is 9.66. The number of hydrogen-bond donors (Lipinski definition) is 0. The highest BCUT2D eigenvalue weighted by Gasteiger charge is 2.46. The molecule has 3 fully saturated rings. The lowest BCUT2D eigenvalue weighted by molar-refractivity contribution is -1.03. The van der Waals surface area contributed by atoms with Crippen molar-refractivity contribution in [1.29, 1.82) is 0 Å². The smallest absolute Gasteiger partial charge is 0.299 e. The Kier molecular flexibility index (Phi) is 6.97. The fourth-order valence-corrected chi connectivity index (χ4v) is 6.31. The van der Waals surface area contributed by atoms with Gasteiger partial charge in [-0.2, -0.15) is 0 Å². The highest BCUT2D eigenvalue weighted by atomic mass is 16.6. The van der Waals surface area contributed by atoms with Crippen LogP contribution in [-0.4, -0.2) is 107 Å². The number of nitro groups is 4. The first kappa shape index (κ1) is 27.1. The van der Waals surface area contributed by atoms with Gasteiger partial charge in [-0.3, -0.25) is 40.5 Å². The van der Waals surface area contributed by atoms with Gasteiger partial charge in [-0.05, 0) is 12.1 Å². The fraction of sp³-hybridized carbons (Fsp3) is 0.500. The Morgan fingerprint density at radius 2 is 0.825 bits per heavy atom. The van der Waals surface area contributed by atoms with E-state index in [9.17, 15) is 40.5 Å². The Balaban J connectivity index is 1.20. The molecule has 2 aromatic rings. The van der Waals surface area contributed by atoms with Gasteiger partial charge in [0, 0.05) is 12.1 Å². The number of non-ortho nitro benzene ring substituents is 2. The van der Waals surface area contributed by atoms with E-state index in [4.69, 9.17) is 0 Å². The minimum absolute atomic E-state index is 0.253. The molecule has 212 valence electrons. The molecule has 0 radical (unpaired) electrons. The zero-order chi connectivity index (χ0) is 28.7. The Labute approximate surface area is 228 Å². The molecule has 0 atom stereocenters. The third-order valence-corrected chi connectivity index (χ3v) is 8.89. The first-order chi connectivity index (χ1) is 19.0. The van der Waals surface area contributed by atoms with Crippen LogP contribution in [0.1, 0.15) is 0 Å². The molecule has 0 bridgehead atoms. The zero-order valence-electron chi connectivity index (χ0n) is 21.8. The van der Waals surface area contributed by atoms with Crippen molar-refractivity contribution in [2.45, 2.75) is 0 Å². The normalized spacial score (nSPS) is 19.9. The third-order valence-electron chi connectivity index (χ3n) is 8.89. The summed E-state index contributed by atoms with van der Waals surface area (Å²) in [6.07, 6.45) is 0. The number of benzene rings is 2. The predicted octanol–water partition coefficient (Wildman–Crippen LogP) is 2.31. The van der Waals surface area contributed by atoms with Crippen LogP contribution in [0.4, 0.5) is 34.1 Å². The van der Waals surface area contributed by atoms with Gasteiger partial charge in [0.15, 0.2) is 0 Å². The molecule has 3 aliphatic heterocycles. The summed E-state index contributed by atoms with van der Waals surface area (Å²) >= 11 is 0. The molecular formula is C24H30N8O8+2. The van der Waals surface area contributed by atoms with E-state index in [0.29, 0.717) is 37.6 Å². The van der Waals surface area contributed by atoms with E-state index in [1.807, 2.05) is 9.80 Å². The maximum absolute atomic E-state index is 11.6. The summed E-state index contributed by atoms with van der Waals surface area (Å²) in [5, 5.41) is 45.3. The molecule has 5 rings (SSSR count). The van der Waals surface area contributed by atoms with E-state index < -0.39 is 19.7 Å². The molecule has 0 aromatic heterocycles. The molecule has 3 heterocycles. The highest BCUT2D eigenvalue weighted by molar-refractivity contribution is 5.67. The first-order valence-corrected chi connectivity index (χ1v) is 13.1. The third kappa shape index (κ3) is 5.10. The average Bonchev–Trinajstić information content (AvgIpc) is 2.95. The predicted molar refractivity (Wildman–Crippen MR) is 143 cm³/mol. The summed E-state index contributed by atoms with van der Waals surface area (Å²) < 4.78 is 1.85. The van der Waals surface area contributed by atoms with Crippen molar-refractivity contribution in [3.05, 3.63) is 76.9 Å². The summed E-state index contributed by atoms with van der Waals surface area (Å²) in [6, 6.07) is 7.60. The summed E-state index contributed by atoms with van der Waals surface area (Å²) in [5.74, 6) is 0. The van der Waals surface area contributed by atoms with Gasteiger partial charge < -0.3 is 18.8 Å². The van der Waals surface area contributed by atoms with Gasteiger partial charge in [-0.15, -0.1) is 0 Å². The standard InChI is InChI=1S/C24H30N8O8/c33-27(34)19-1-3-21(23(17-19)29(37)38)25-5-9-31(10-6-25)13-15-32(16-14-31)11-7-26(8-12-32)22-4-2-20(28(35)36)18-24(22)30(39)40/h1-4,17-18H,5-16H2/q+2. The lowest BCUT2D eigenvalue weighted by Gasteiger charge is -2.54. The molecule has 0 saturated carbocycles. The molecule has 2 spiro atoms. The van der Waals surface area contributed by atoms with E-state index in [1.165, 1.54) is 24.3 Å². The molecule has 40 heavy (non-hydrogen) atoms. The number of piperazine rings is 3. The van der Waals surface area contributed by atoms with Crippen molar-refractivity contribution in [1.82, 2.24) is 0 Å². The van der Waals surface area contributed by atoms with Crippen LogP contribution >= 0.6 is 0 Å². The molecule has 0 aliphatic carbocycles. The van der Waals surface area contributed by atoms with Crippen molar-refractivity contribution in [3.63, 3.8) is 0 Å². The molecule has 2 aromatic carbocycles. The van der Waals surface area contributed by atoms with Crippen molar-refractivity contribution >= 4 is 34.1 Å². The maximum atomic E-state index is 11.6. The van der Waals surface area contributed by atoms with Crippen molar-refractivity contribution in [2.24, 2.45) is 0 Å². The average molecular weight is 559 g/mol. The number of quaternary nitrogens is 2. The number of hydrogen-bond acceptors (Lipinski definition) is 10. The fourth-order valence-electron chi connectivity index (χ4n) is 6.31. The van der Waals surface area contributed by atoms with Gasteiger partial charge >= 0.3 is 0 Å². The minimum Gasteiger partial charge on any atom is -0.355 e. The van der Waals surface area contributed by atoms with Crippen molar-refractivity contribution < 1.29 is 28.7 Å². The molecule has 16 nitrogen and oxygen atoms in total. The van der Waals surface area contributed by atoms with Crippen LogP contribution in [-0.2, 0) is 0 Å². The van der Waals surface area contributed by atoms with Gasteiger partial charge in [0.25, 0.3) is 22.7 Å². The van der Waals surface area contributed by atoms with Crippen LogP contribution in [0.25, 0.3) is 0 Å². The Bertz CT molecular complexity index is 1250. The van der Waals surface area contributed by atoms with E-state index in [0.717, 1.165) is 73.5 Å². The molecular weight excluding hydrogens is 528 g/mol. The van der Waals surface area contributed by atoms with Gasteiger partial charge in [-0.1, -0.05) is 0 Å². The molecule has 0 amide bonds. The molecule has 0 N–H and O–H groups in total. The van der Waals surface area contributed by atoms with Gasteiger partial charge in [0.1, 0.15) is 37.6 Å². The lowest BCUT2D eigenvalue weighted by atomic mass is 10.1. The van der Waals surface area contributed by atoms with E-state index >= 15 is 0 Å². The number of nitro benzene ring substituents is 4. The minimum atomic E-state index is -0.632. The van der Waals surface area contributed by atoms with Crippen molar-refractivity contribution in [3.8, 4) is 0 Å². The second kappa shape index (κ2) is 10.3. The van der Waals surface area contributed by atoms with Gasteiger partial charge in [0.05, 0.1) is 84.2 Å². The van der Waals surface area contributed by atoms with Gasteiger partial charge in [0.2, 0.25) is 0 Å². The monoisotopic (exact) mass is 558 g/mol. The summed E-state index contributed by atoms with van der Waals surface area (Å²) in [4.78, 5) is 46.8. The number of rotatable bonds is 6. The number of nitrogens with zero attached hydrogens (tertiary/aromatic N) is 8. The van der Waals surface area contributed by atoms with E-state index in [-0.39, 0.29) is 22.7 Å². The van der Waals surface area contributed by atoms with Gasteiger partial charge in [-0.25, -0.2) is 0 Å². The van der Waals surface area contributed by atoms with Crippen LogP contribution in [0.5, 0.6) is 0 Å². The Morgan fingerprint density at radius 3 is 1.10 bits per heavy atom. The number of anilines is 2. The first-order valence-electron chi connectivity index (χ1n) is 13.1. The lowest BCUT2D eigenvalue weighted by Crippen LogP contribution is -2.73. The topological polar surface area (TPSA) is 179 Å².